The van der Waals surface area contributed by atoms with Crippen LogP contribution in [-0.2, 0) is 14.3 Å². The summed E-state index contributed by atoms with van der Waals surface area (Å²) in [5.74, 6) is -0.352. The fourth-order valence-corrected chi connectivity index (χ4v) is 13.0. The number of nitrogens with two attached hydrogens (primary N) is 1. The monoisotopic (exact) mass is 773 g/mol. The average Bonchev–Trinajstić information content (AvgIpc) is 3.60. The zero-order valence-electron chi connectivity index (χ0n) is 35.8. The molecule has 1 aromatic heterocycles. The molecule has 1 aliphatic heterocycles. The standard InChI is InChI=1S/C46H68N4O6/c1-27(2)28(3)42(8)20-21-43(9)31-16-17-34-41(7)22-33(50-37(48-26-49-50)29-12-14-30(15-13-29)38(51)52)36(56-24-45(11,47)40(4,5)6)46(34,25-55-23-41)32(31)18-19-44(43,10)35(42)39(53)54/h12-15,18,26-28,31,33-36H,16-17,19-25,47H2,1-11H3,(H,51,52)(H,53,54)/t28-,31+,33-,34-,35-,36+,41-,42-,43-,44+,45+,46+/m1/s1. The van der Waals surface area contributed by atoms with Crippen molar-refractivity contribution in [3.8, 4) is 11.4 Å². The number of fused-ring (bicyclic) bond motifs is 3. The van der Waals surface area contributed by atoms with E-state index in [1.54, 1.807) is 18.5 Å². The topological polar surface area (TPSA) is 150 Å². The van der Waals surface area contributed by atoms with Crippen LogP contribution < -0.4 is 5.73 Å². The second-order valence-corrected chi connectivity index (χ2v) is 21.5. The van der Waals surface area contributed by atoms with Crippen molar-refractivity contribution in [2.24, 2.45) is 67.8 Å². The van der Waals surface area contributed by atoms with Gasteiger partial charge in [-0.2, -0.15) is 5.10 Å². The number of aliphatic carboxylic acids is 1. The van der Waals surface area contributed by atoms with Crippen LogP contribution in [-0.4, -0.2) is 68.4 Å². The van der Waals surface area contributed by atoms with Crippen LogP contribution in [0.3, 0.4) is 0 Å². The summed E-state index contributed by atoms with van der Waals surface area (Å²) in [7, 11) is 0. The van der Waals surface area contributed by atoms with Crippen LogP contribution in [0, 0.1) is 62.1 Å². The maximum atomic E-state index is 13.7. The van der Waals surface area contributed by atoms with Crippen molar-refractivity contribution >= 4 is 11.9 Å². The number of carboxylic acids is 2. The smallest absolute Gasteiger partial charge is 0.335 e. The van der Waals surface area contributed by atoms with Crippen molar-refractivity contribution in [1.29, 1.82) is 0 Å². The zero-order valence-corrected chi connectivity index (χ0v) is 35.8. The van der Waals surface area contributed by atoms with E-state index in [2.05, 4.69) is 82.2 Å². The highest BCUT2D eigenvalue weighted by molar-refractivity contribution is 5.88. The fourth-order valence-electron chi connectivity index (χ4n) is 13.0. The number of aromatic carboxylic acids is 1. The van der Waals surface area contributed by atoms with Crippen LogP contribution in [0.25, 0.3) is 11.4 Å². The molecule has 1 saturated heterocycles. The van der Waals surface area contributed by atoms with Crippen molar-refractivity contribution in [3.05, 3.63) is 47.8 Å². The van der Waals surface area contributed by atoms with Crippen LogP contribution in [0.4, 0.5) is 0 Å². The second kappa shape index (κ2) is 13.5. The Morgan fingerprint density at radius 1 is 1.00 bits per heavy atom. The Bertz CT molecular complexity index is 1880. The highest BCUT2D eigenvalue weighted by Crippen LogP contribution is 2.75. The van der Waals surface area contributed by atoms with Crippen molar-refractivity contribution < 1.29 is 29.3 Å². The number of allylic oxidation sites excluding steroid dienone is 1. The van der Waals surface area contributed by atoms with Gasteiger partial charge in [0.25, 0.3) is 0 Å². The second-order valence-electron chi connectivity index (χ2n) is 21.5. The van der Waals surface area contributed by atoms with Crippen LogP contribution in [0.5, 0.6) is 0 Å². The Hall–Kier alpha value is -3.08. The van der Waals surface area contributed by atoms with E-state index in [1.807, 2.05) is 16.8 Å². The molecule has 5 aliphatic rings. The number of nitrogens with zero attached hydrogens (tertiary/aromatic N) is 3. The van der Waals surface area contributed by atoms with Gasteiger partial charge in [0, 0.05) is 16.5 Å². The molecule has 2 heterocycles. The first-order valence-electron chi connectivity index (χ1n) is 21.1. The first-order valence-corrected chi connectivity index (χ1v) is 21.1. The molecule has 56 heavy (non-hydrogen) atoms. The van der Waals surface area contributed by atoms with Gasteiger partial charge in [-0.1, -0.05) is 93.0 Å². The van der Waals surface area contributed by atoms with Crippen LogP contribution in [0.15, 0.2) is 42.2 Å². The van der Waals surface area contributed by atoms with Crippen molar-refractivity contribution in [2.45, 2.75) is 132 Å². The minimum Gasteiger partial charge on any atom is -0.481 e. The molecule has 3 saturated carbocycles. The van der Waals surface area contributed by atoms with Gasteiger partial charge in [0.15, 0.2) is 5.82 Å². The van der Waals surface area contributed by atoms with E-state index >= 15 is 0 Å². The molecule has 10 heteroatoms. The van der Waals surface area contributed by atoms with Gasteiger partial charge >= 0.3 is 11.9 Å². The Morgan fingerprint density at radius 2 is 1.68 bits per heavy atom. The highest BCUT2D eigenvalue weighted by Gasteiger charge is 2.73. The largest absolute Gasteiger partial charge is 0.481 e. The minimum absolute atomic E-state index is 0.166. The zero-order chi connectivity index (χ0) is 41.0. The third kappa shape index (κ3) is 5.80. The van der Waals surface area contributed by atoms with Gasteiger partial charge in [-0.05, 0) is 108 Å². The molecule has 2 aromatic rings. The molecule has 0 spiro atoms. The molecule has 4 aliphatic carbocycles. The van der Waals surface area contributed by atoms with Gasteiger partial charge < -0.3 is 25.4 Å². The summed E-state index contributed by atoms with van der Waals surface area (Å²) in [5.41, 5.74) is 6.92. The molecule has 1 aromatic carbocycles. The molecular weight excluding hydrogens is 705 g/mol. The molecule has 4 fully saturated rings. The van der Waals surface area contributed by atoms with Crippen LogP contribution in [0.2, 0.25) is 0 Å². The number of carbonyl (C=O) groups is 2. The van der Waals surface area contributed by atoms with Gasteiger partial charge in [-0.15, -0.1) is 0 Å². The summed E-state index contributed by atoms with van der Waals surface area (Å²) < 4.78 is 16.3. The Morgan fingerprint density at radius 3 is 2.29 bits per heavy atom. The molecule has 10 nitrogen and oxygen atoms in total. The van der Waals surface area contributed by atoms with Gasteiger partial charge in [0.05, 0.1) is 43.4 Å². The normalized spacial score (nSPS) is 39.7. The highest BCUT2D eigenvalue weighted by atomic mass is 16.5. The third-order valence-corrected chi connectivity index (χ3v) is 17.6. The van der Waals surface area contributed by atoms with Crippen molar-refractivity contribution in [1.82, 2.24) is 14.8 Å². The molecule has 7 rings (SSSR count). The van der Waals surface area contributed by atoms with Crippen LogP contribution >= 0.6 is 0 Å². The van der Waals surface area contributed by atoms with E-state index in [-0.39, 0.29) is 57.1 Å². The lowest BCUT2D eigenvalue weighted by molar-refractivity contribution is -0.255. The van der Waals surface area contributed by atoms with Gasteiger partial charge in [0.2, 0.25) is 0 Å². The summed E-state index contributed by atoms with van der Waals surface area (Å²) in [6.07, 6.45) is 9.04. The lowest BCUT2D eigenvalue weighted by atomic mass is 9.34. The SMILES string of the molecule is CC(C)[C@@H](C)[C@@]1(C)CC[C@]2(C)[C@H]3CC[C@@H]4[C@@]5(C)COC[C@@]4(C3=CC[C@@]2(C)[C@@H]1C(=O)O)[C@@H](OC[C@](C)(N)C(C)(C)C)[C@H](n1ncnc1-c1ccc(C(=O)O)cc1)C5. The maximum Gasteiger partial charge on any atom is 0.335 e. The maximum absolute atomic E-state index is 13.7. The molecule has 0 radical (unpaired) electrons. The molecule has 0 amide bonds. The quantitative estimate of drug-likeness (QED) is 0.212. The molecule has 2 bridgehead atoms. The lowest BCUT2D eigenvalue weighted by Gasteiger charge is -2.71. The number of rotatable bonds is 9. The van der Waals surface area contributed by atoms with Crippen molar-refractivity contribution in [2.75, 3.05) is 19.8 Å². The first-order chi connectivity index (χ1) is 26.0. The summed E-state index contributed by atoms with van der Waals surface area (Å²) in [6, 6.07) is 6.63. The number of hydrogen-bond acceptors (Lipinski definition) is 7. The molecule has 308 valence electrons. The van der Waals surface area contributed by atoms with Crippen molar-refractivity contribution in [3.63, 3.8) is 0 Å². The van der Waals surface area contributed by atoms with Gasteiger partial charge in [-0.25, -0.2) is 14.5 Å². The van der Waals surface area contributed by atoms with E-state index in [1.165, 1.54) is 5.57 Å². The number of carboxylic acid groups (broad SMARTS) is 2. The minimum atomic E-state index is -0.975. The Labute approximate surface area is 334 Å². The average molecular weight is 773 g/mol. The predicted molar refractivity (Wildman–Crippen MR) is 217 cm³/mol. The van der Waals surface area contributed by atoms with Gasteiger partial charge in [0.1, 0.15) is 6.33 Å². The summed E-state index contributed by atoms with van der Waals surface area (Å²) in [6.45, 7) is 26.1. The summed E-state index contributed by atoms with van der Waals surface area (Å²) in [4.78, 5) is 30.2. The third-order valence-electron chi connectivity index (χ3n) is 17.6. The number of ether oxygens (including phenoxy) is 2. The Balaban J connectivity index is 1.40. The number of hydrogen-bond donors (Lipinski definition) is 3. The van der Waals surface area contributed by atoms with Crippen LogP contribution in [0.1, 0.15) is 131 Å². The summed E-state index contributed by atoms with van der Waals surface area (Å²) in [5, 5.41) is 25.8. The van der Waals surface area contributed by atoms with E-state index < -0.39 is 34.2 Å². The van der Waals surface area contributed by atoms with E-state index in [0.717, 1.165) is 37.7 Å². The molecule has 0 unspecified atom stereocenters. The molecule has 4 N–H and O–H groups in total. The lowest BCUT2D eigenvalue weighted by Crippen LogP contribution is -2.70. The number of benzene rings is 1. The van der Waals surface area contributed by atoms with E-state index in [9.17, 15) is 19.8 Å². The fraction of sp³-hybridized carbons (Fsp3) is 0.739. The van der Waals surface area contributed by atoms with Gasteiger partial charge in [-0.3, -0.25) is 4.79 Å². The number of aromatic nitrogens is 3. The van der Waals surface area contributed by atoms with E-state index in [4.69, 9.17) is 25.3 Å². The van der Waals surface area contributed by atoms with E-state index in [0.29, 0.717) is 38.0 Å². The molecular formula is C46H68N4O6. The first kappa shape index (κ1) is 41.1. The Kier molecular flexibility index (Phi) is 9.89. The predicted octanol–water partition coefficient (Wildman–Crippen LogP) is 8.92. The summed E-state index contributed by atoms with van der Waals surface area (Å²) >= 11 is 0. The molecule has 12 atom stereocenters.